The van der Waals surface area contributed by atoms with Gasteiger partial charge in [-0.15, -0.1) is 11.8 Å². The van der Waals surface area contributed by atoms with E-state index in [9.17, 15) is 22.8 Å². The van der Waals surface area contributed by atoms with Crippen molar-refractivity contribution in [2.75, 3.05) is 5.75 Å². The number of hydrogen-bond acceptors (Lipinski definition) is 3. The summed E-state index contributed by atoms with van der Waals surface area (Å²) in [5, 5.41) is 2.31. The zero-order valence-electron chi connectivity index (χ0n) is 18.4. The number of nitrogens with one attached hydrogen (secondary N) is 1. The van der Waals surface area contributed by atoms with E-state index in [0.717, 1.165) is 23.3 Å². The molecule has 34 heavy (non-hydrogen) atoms. The predicted molar refractivity (Wildman–Crippen MR) is 126 cm³/mol. The van der Waals surface area contributed by atoms with Crippen LogP contribution in [0.25, 0.3) is 0 Å². The number of carbonyl (C=O) groups excluding carboxylic acids is 2. The minimum atomic E-state index is -4.45. The average Bonchev–Trinajstić information content (AvgIpc) is 3.28. The van der Waals surface area contributed by atoms with Gasteiger partial charge in [-0.25, -0.2) is 0 Å². The summed E-state index contributed by atoms with van der Waals surface area (Å²) in [6.07, 6.45) is -4.45. The number of benzene rings is 3. The van der Waals surface area contributed by atoms with Gasteiger partial charge in [-0.1, -0.05) is 60.2 Å². The number of aryl methyl sites for hydroxylation is 1. The van der Waals surface area contributed by atoms with Crippen molar-refractivity contribution < 1.29 is 22.8 Å². The number of carbonyl (C=O) groups is 2. The van der Waals surface area contributed by atoms with Gasteiger partial charge in [0.15, 0.2) is 0 Å². The second kappa shape index (κ2) is 9.93. The van der Waals surface area contributed by atoms with E-state index < -0.39 is 23.2 Å². The molecule has 1 aliphatic heterocycles. The molecule has 1 heterocycles. The van der Waals surface area contributed by atoms with Crippen molar-refractivity contribution in [2.45, 2.75) is 31.1 Å². The van der Waals surface area contributed by atoms with Crippen molar-refractivity contribution in [2.24, 2.45) is 0 Å². The smallest absolute Gasteiger partial charge is 0.350 e. The molecular weight excluding hydrogens is 461 g/mol. The van der Waals surface area contributed by atoms with Crippen molar-refractivity contribution in [1.82, 2.24) is 10.2 Å². The van der Waals surface area contributed by atoms with Gasteiger partial charge < -0.3 is 10.2 Å². The van der Waals surface area contributed by atoms with Crippen molar-refractivity contribution in [3.05, 3.63) is 107 Å². The number of hydrogen-bond donors (Lipinski definition) is 1. The van der Waals surface area contributed by atoms with E-state index in [0.29, 0.717) is 23.4 Å². The van der Waals surface area contributed by atoms with Crippen LogP contribution in [-0.4, -0.2) is 28.5 Å². The fraction of sp³-hybridized carbons (Fsp3) is 0.231. The van der Waals surface area contributed by atoms with E-state index in [2.05, 4.69) is 5.32 Å². The van der Waals surface area contributed by atoms with Crippen molar-refractivity contribution in [1.29, 1.82) is 0 Å². The Morgan fingerprint density at radius 1 is 0.971 bits per heavy atom. The Balaban J connectivity index is 1.61. The fourth-order valence-corrected chi connectivity index (χ4v) is 5.23. The minimum absolute atomic E-state index is 0.300. The first-order valence-electron chi connectivity index (χ1n) is 10.7. The third-order valence-corrected chi connectivity index (χ3v) is 6.99. The van der Waals surface area contributed by atoms with Crippen LogP contribution in [0.3, 0.4) is 0 Å². The number of alkyl halides is 3. The Morgan fingerprint density at radius 2 is 1.62 bits per heavy atom. The summed E-state index contributed by atoms with van der Waals surface area (Å²) < 4.78 is 39.1. The lowest BCUT2D eigenvalue weighted by atomic mass is 10.1. The molecular formula is C26H23F3N2O2S. The van der Waals surface area contributed by atoms with Gasteiger partial charge in [0.1, 0.15) is 11.4 Å². The molecule has 0 aromatic heterocycles. The van der Waals surface area contributed by atoms with Gasteiger partial charge in [-0.05, 0) is 42.3 Å². The zero-order valence-corrected chi connectivity index (χ0v) is 19.2. The van der Waals surface area contributed by atoms with Gasteiger partial charge in [-0.2, -0.15) is 13.2 Å². The first-order valence-corrected chi connectivity index (χ1v) is 11.8. The lowest BCUT2D eigenvalue weighted by Gasteiger charge is -2.29. The molecule has 8 heteroatoms. The molecule has 2 atom stereocenters. The number of nitrogens with zero attached hydrogens (tertiary/aromatic N) is 1. The predicted octanol–water partition coefficient (Wildman–Crippen LogP) is 5.59. The highest BCUT2D eigenvalue weighted by Crippen LogP contribution is 2.43. The highest BCUT2D eigenvalue weighted by atomic mass is 32.2. The summed E-state index contributed by atoms with van der Waals surface area (Å²) in [5.41, 5.74) is 2.12. The summed E-state index contributed by atoms with van der Waals surface area (Å²) in [6.45, 7) is 2.23. The van der Waals surface area contributed by atoms with E-state index in [-0.39, 0.29) is 11.8 Å². The monoisotopic (exact) mass is 484 g/mol. The molecule has 0 saturated carbocycles. The molecule has 2 amide bonds. The van der Waals surface area contributed by atoms with Gasteiger partial charge in [0, 0.05) is 17.9 Å². The fourth-order valence-electron chi connectivity index (χ4n) is 3.80. The summed E-state index contributed by atoms with van der Waals surface area (Å²) in [5.74, 6) is -0.301. The maximum Gasteiger partial charge on any atom is 0.416 e. The molecule has 0 radical (unpaired) electrons. The Bertz CT molecular complexity index is 1150. The zero-order chi connectivity index (χ0) is 24.3. The molecule has 176 valence electrons. The molecule has 1 aliphatic rings. The van der Waals surface area contributed by atoms with E-state index in [1.165, 1.54) is 28.8 Å². The van der Waals surface area contributed by atoms with Crippen LogP contribution in [0, 0.1) is 6.92 Å². The van der Waals surface area contributed by atoms with Crippen LogP contribution in [0.1, 0.15) is 38.0 Å². The van der Waals surface area contributed by atoms with Crippen molar-refractivity contribution >= 4 is 23.6 Å². The largest absolute Gasteiger partial charge is 0.416 e. The van der Waals surface area contributed by atoms with Crippen LogP contribution in [0.4, 0.5) is 13.2 Å². The summed E-state index contributed by atoms with van der Waals surface area (Å²) in [7, 11) is 0. The Hall–Kier alpha value is -3.26. The van der Waals surface area contributed by atoms with E-state index >= 15 is 0 Å². The molecule has 4 nitrogen and oxygen atoms in total. The first-order chi connectivity index (χ1) is 16.2. The quantitative estimate of drug-likeness (QED) is 0.514. The molecule has 2 unspecified atom stereocenters. The molecule has 4 rings (SSSR count). The molecule has 3 aromatic carbocycles. The van der Waals surface area contributed by atoms with Gasteiger partial charge in [-0.3, -0.25) is 9.59 Å². The van der Waals surface area contributed by atoms with Crippen LogP contribution in [0.5, 0.6) is 0 Å². The van der Waals surface area contributed by atoms with Gasteiger partial charge in [0.25, 0.3) is 5.91 Å². The topological polar surface area (TPSA) is 49.4 Å². The highest BCUT2D eigenvalue weighted by Gasteiger charge is 2.42. The van der Waals surface area contributed by atoms with Gasteiger partial charge in [0.2, 0.25) is 5.91 Å². The Labute approximate surface area is 200 Å². The molecule has 0 bridgehead atoms. The van der Waals surface area contributed by atoms with Gasteiger partial charge >= 0.3 is 6.18 Å². The standard InChI is InChI=1S/C26H23F3N2O2S/c1-17-7-9-19(10-8-17)24(33)31-22(23(32)30-15-18-5-3-2-4-6-18)16-34-25(31)20-11-13-21(14-12-20)26(27,28)29/h2-14,22,25H,15-16H2,1H3,(H,30,32). The van der Waals surface area contributed by atoms with E-state index in [4.69, 9.17) is 0 Å². The Kier molecular flexibility index (Phi) is 6.97. The molecule has 0 aliphatic carbocycles. The normalized spacial score (nSPS) is 18.1. The van der Waals surface area contributed by atoms with Crippen molar-refractivity contribution in [3.63, 3.8) is 0 Å². The number of thioether (sulfide) groups is 1. The lowest BCUT2D eigenvalue weighted by molar-refractivity contribution is -0.137. The highest BCUT2D eigenvalue weighted by molar-refractivity contribution is 7.99. The third-order valence-electron chi connectivity index (χ3n) is 5.67. The number of amides is 2. The second-order valence-electron chi connectivity index (χ2n) is 8.10. The van der Waals surface area contributed by atoms with Crippen LogP contribution < -0.4 is 5.32 Å². The molecule has 0 spiro atoms. The number of halogens is 3. The summed E-state index contributed by atoms with van der Waals surface area (Å²) in [6, 6.07) is 20.5. The average molecular weight is 485 g/mol. The van der Waals surface area contributed by atoms with E-state index in [1.807, 2.05) is 49.4 Å². The van der Waals surface area contributed by atoms with Crippen LogP contribution in [-0.2, 0) is 17.5 Å². The van der Waals surface area contributed by atoms with Crippen molar-refractivity contribution in [3.8, 4) is 0 Å². The van der Waals surface area contributed by atoms with Crippen LogP contribution >= 0.6 is 11.8 Å². The van der Waals surface area contributed by atoms with Crippen LogP contribution in [0.2, 0.25) is 0 Å². The summed E-state index contributed by atoms with van der Waals surface area (Å²) in [4.78, 5) is 28.1. The lowest BCUT2D eigenvalue weighted by Crippen LogP contribution is -2.47. The maximum absolute atomic E-state index is 13.5. The third kappa shape index (κ3) is 5.28. The molecule has 1 saturated heterocycles. The first kappa shape index (κ1) is 23.9. The molecule has 3 aromatic rings. The number of rotatable bonds is 5. The minimum Gasteiger partial charge on any atom is -0.350 e. The van der Waals surface area contributed by atoms with Gasteiger partial charge in [0.05, 0.1) is 5.56 Å². The Morgan fingerprint density at radius 3 is 2.24 bits per heavy atom. The SMILES string of the molecule is Cc1ccc(C(=O)N2C(C(=O)NCc3ccccc3)CSC2c2ccc(C(F)(F)F)cc2)cc1. The molecule has 1 N–H and O–H groups in total. The van der Waals surface area contributed by atoms with Crippen LogP contribution in [0.15, 0.2) is 78.9 Å². The summed E-state index contributed by atoms with van der Waals surface area (Å²) >= 11 is 1.36. The maximum atomic E-state index is 13.5. The van der Waals surface area contributed by atoms with E-state index in [1.54, 1.807) is 12.1 Å². The second-order valence-corrected chi connectivity index (χ2v) is 9.22. The molecule has 1 fully saturated rings.